The minimum atomic E-state index is -0.733. The Balaban J connectivity index is 1.88. The predicted octanol–water partition coefficient (Wildman–Crippen LogP) is 7.70. The Hall–Kier alpha value is -1.89. The summed E-state index contributed by atoms with van der Waals surface area (Å²) < 4.78 is 0. The van der Waals surface area contributed by atoms with Gasteiger partial charge < -0.3 is 10.2 Å². The third kappa shape index (κ3) is 9.12. The molecule has 3 rings (SSSR count). The fourth-order valence-corrected chi connectivity index (χ4v) is 5.68. The van der Waals surface area contributed by atoms with Crippen molar-refractivity contribution in [2.24, 2.45) is 0 Å². The normalized spacial score (nSPS) is 11.9. The fraction of sp³-hybridized carbons (Fsp3) is 0.286. The summed E-state index contributed by atoms with van der Waals surface area (Å²) in [5, 5.41) is 5.03. The number of nitrogens with one attached hydrogen (secondary N) is 1. The Morgan fingerprint density at radius 1 is 0.865 bits per heavy atom. The minimum absolute atomic E-state index is 0.0803. The van der Waals surface area contributed by atoms with Crippen molar-refractivity contribution in [2.45, 2.75) is 44.6 Å². The summed E-state index contributed by atoms with van der Waals surface area (Å²) in [4.78, 5) is 28.7. The lowest BCUT2D eigenvalue weighted by Crippen LogP contribution is -2.52. The van der Waals surface area contributed by atoms with Crippen molar-refractivity contribution >= 4 is 70.0 Å². The van der Waals surface area contributed by atoms with E-state index in [4.69, 9.17) is 46.4 Å². The van der Waals surface area contributed by atoms with E-state index < -0.39 is 6.04 Å². The number of thioether (sulfide) groups is 1. The van der Waals surface area contributed by atoms with E-state index >= 15 is 0 Å². The molecule has 9 heteroatoms. The quantitative estimate of drug-likeness (QED) is 0.246. The number of rotatable bonds is 11. The zero-order chi connectivity index (χ0) is 26.9. The molecule has 0 bridgehead atoms. The van der Waals surface area contributed by atoms with Gasteiger partial charge in [-0.15, -0.1) is 11.8 Å². The smallest absolute Gasteiger partial charge is 0.243 e. The van der Waals surface area contributed by atoms with Crippen LogP contribution < -0.4 is 5.32 Å². The molecule has 4 nitrogen and oxygen atoms in total. The number of hydrogen-bond acceptors (Lipinski definition) is 3. The summed E-state index contributed by atoms with van der Waals surface area (Å²) in [5.74, 6) is 0.285. The van der Waals surface area contributed by atoms with Crippen LogP contribution in [-0.2, 0) is 28.3 Å². The molecule has 2 amide bonds. The summed E-state index contributed by atoms with van der Waals surface area (Å²) >= 11 is 26.3. The first-order valence-corrected chi connectivity index (χ1v) is 14.4. The molecule has 0 aromatic heterocycles. The highest BCUT2D eigenvalue weighted by molar-refractivity contribution is 7.99. The van der Waals surface area contributed by atoms with Gasteiger partial charge in [-0.2, -0.15) is 0 Å². The number of amides is 2. The van der Waals surface area contributed by atoms with Gasteiger partial charge in [0.1, 0.15) is 6.04 Å². The van der Waals surface area contributed by atoms with Crippen molar-refractivity contribution in [3.63, 3.8) is 0 Å². The summed E-state index contributed by atoms with van der Waals surface area (Å²) in [6.07, 6.45) is 0.365. The van der Waals surface area contributed by atoms with E-state index in [9.17, 15) is 9.59 Å². The van der Waals surface area contributed by atoms with Gasteiger partial charge in [0, 0.05) is 44.9 Å². The predicted molar refractivity (Wildman–Crippen MR) is 157 cm³/mol. The Morgan fingerprint density at radius 2 is 1.46 bits per heavy atom. The van der Waals surface area contributed by atoms with Gasteiger partial charge in [0.2, 0.25) is 11.8 Å². The molecule has 0 radical (unpaired) electrons. The molecule has 0 saturated heterocycles. The van der Waals surface area contributed by atoms with Gasteiger partial charge in [-0.3, -0.25) is 9.59 Å². The topological polar surface area (TPSA) is 49.4 Å². The van der Waals surface area contributed by atoms with E-state index in [1.54, 1.807) is 35.2 Å². The molecular weight excluding hydrogens is 570 g/mol. The lowest BCUT2D eigenvalue weighted by molar-refractivity contribution is -0.139. The number of benzene rings is 3. The van der Waals surface area contributed by atoms with Crippen molar-refractivity contribution in [3.05, 3.63) is 104 Å². The highest BCUT2D eigenvalue weighted by atomic mass is 35.5. The van der Waals surface area contributed by atoms with Crippen LogP contribution in [0.15, 0.2) is 66.7 Å². The number of nitrogens with zero attached hydrogens (tertiary/aromatic N) is 1. The number of carbonyl (C=O) groups is 2. The van der Waals surface area contributed by atoms with E-state index in [-0.39, 0.29) is 30.2 Å². The minimum Gasteiger partial charge on any atom is -0.352 e. The molecule has 3 aromatic carbocycles. The first kappa shape index (κ1) is 29.7. The molecule has 1 N–H and O–H groups in total. The SMILES string of the molecule is CC(C)NC(=O)[C@H](Cc1ccccc1)N(Cc1ccc(Cl)cc1Cl)C(=O)CSCc1ccc(Cl)cc1Cl. The van der Waals surface area contributed by atoms with Gasteiger partial charge in [0.05, 0.1) is 5.75 Å². The second-order valence-electron chi connectivity index (χ2n) is 8.85. The molecule has 0 saturated carbocycles. The van der Waals surface area contributed by atoms with E-state index in [1.165, 1.54) is 11.8 Å². The lowest BCUT2D eigenvalue weighted by Gasteiger charge is -2.32. The maximum absolute atomic E-state index is 13.7. The molecule has 0 unspecified atom stereocenters. The maximum Gasteiger partial charge on any atom is 0.243 e. The van der Waals surface area contributed by atoms with Gasteiger partial charge in [-0.25, -0.2) is 0 Å². The van der Waals surface area contributed by atoms with E-state index in [1.807, 2.05) is 50.2 Å². The van der Waals surface area contributed by atoms with Crippen LogP contribution in [0.25, 0.3) is 0 Å². The molecule has 196 valence electrons. The molecule has 3 aromatic rings. The fourth-order valence-electron chi connectivity index (χ4n) is 3.74. The second-order valence-corrected chi connectivity index (χ2v) is 11.5. The molecule has 0 aliphatic rings. The highest BCUT2D eigenvalue weighted by Gasteiger charge is 2.31. The average Bonchev–Trinajstić information content (AvgIpc) is 2.84. The molecular formula is C28H28Cl4N2O2S. The van der Waals surface area contributed by atoms with Crippen LogP contribution in [-0.4, -0.2) is 34.6 Å². The average molecular weight is 598 g/mol. The highest BCUT2D eigenvalue weighted by Crippen LogP contribution is 2.27. The van der Waals surface area contributed by atoms with Crippen molar-refractivity contribution in [1.82, 2.24) is 10.2 Å². The number of hydrogen-bond donors (Lipinski definition) is 1. The van der Waals surface area contributed by atoms with Crippen LogP contribution in [0, 0.1) is 0 Å². The zero-order valence-corrected chi connectivity index (χ0v) is 24.4. The Bertz CT molecular complexity index is 1220. The Labute approximate surface area is 242 Å². The van der Waals surface area contributed by atoms with E-state index in [2.05, 4.69) is 5.32 Å². The van der Waals surface area contributed by atoms with Crippen molar-refractivity contribution < 1.29 is 9.59 Å². The van der Waals surface area contributed by atoms with Crippen LogP contribution in [0.4, 0.5) is 0 Å². The summed E-state index contributed by atoms with van der Waals surface area (Å²) in [7, 11) is 0. The second kappa shape index (κ2) is 14.3. The molecule has 0 heterocycles. The van der Waals surface area contributed by atoms with Crippen LogP contribution in [0.1, 0.15) is 30.5 Å². The van der Waals surface area contributed by atoms with Gasteiger partial charge >= 0.3 is 0 Å². The van der Waals surface area contributed by atoms with Crippen LogP contribution in [0.2, 0.25) is 20.1 Å². The first-order chi connectivity index (χ1) is 17.6. The maximum atomic E-state index is 13.7. The van der Waals surface area contributed by atoms with Crippen LogP contribution >= 0.6 is 58.2 Å². The van der Waals surface area contributed by atoms with Crippen LogP contribution in [0.3, 0.4) is 0 Å². The Kier molecular flexibility index (Phi) is 11.5. The molecule has 0 aliphatic carbocycles. The monoisotopic (exact) mass is 596 g/mol. The largest absolute Gasteiger partial charge is 0.352 e. The third-order valence-electron chi connectivity index (χ3n) is 5.56. The van der Waals surface area contributed by atoms with E-state index in [0.717, 1.165) is 11.1 Å². The zero-order valence-electron chi connectivity index (χ0n) is 20.5. The van der Waals surface area contributed by atoms with Crippen molar-refractivity contribution in [2.75, 3.05) is 5.75 Å². The number of carbonyl (C=O) groups excluding carboxylic acids is 2. The standard InChI is InChI=1S/C28H28Cl4N2O2S/c1-18(2)33-28(36)26(12-19-6-4-3-5-7-19)34(15-20-8-10-22(29)13-24(20)31)27(35)17-37-16-21-9-11-23(30)14-25(21)32/h3-11,13-14,18,26H,12,15-17H2,1-2H3,(H,33,36)/t26-/m0/s1. The van der Waals surface area contributed by atoms with Gasteiger partial charge in [-0.1, -0.05) is 88.9 Å². The molecule has 37 heavy (non-hydrogen) atoms. The molecule has 0 aliphatic heterocycles. The summed E-state index contributed by atoms with van der Waals surface area (Å²) in [6.45, 7) is 3.96. The third-order valence-corrected chi connectivity index (χ3v) is 7.70. The molecule has 0 fully saturated rings. The van der Waals surface area contributed by atoms with Crippen LogP contribution in [0.5, 0.6) is 0 Å². The lowest BCUT2D eigenvalue weighted by atomic mass is 10.0. The summed E-state index contributed by atoms with van der Waals surface area (Å²) in [5.41, 5.74) is 2.54. The van der Waals surface area contributed by atoms with E-state index in [0.29, 0.717) is 37.8 Å². The molecule has 0 spiro atoms. The number of halogens is 4. The van der Waals surface area contributed by atoms with Gasteiger partial charge in [0.25, 0.3) is 0 Å². The Morgan fingerprint density at radius 3 is 2.03 bits per heavy atom. The van der Waals surface area contributed by atoms with Gasteiger partial charge in [-0.05, 0) is 54.8 Å². The summed E-state index contributed by atoms with van der Waals surface area (Å²) in [6, 6.07) is 19.3. The first-order valence-electron chi connectivity index (χ1n) is 11.7. The van der Waals surface area contributed by atoms with Crippen molar-refractivity contribution in [3.8, 4) is 0 Å². The van der Waals surface area contributed by atoms with Crippen molar-refractivity contribution in [1.29, 1.82) is 0 Å². The van der Waals surface area contributed by atoms with Gasteiger partial charge in [0.15, 0.2) is 0 Å². The molecule has 1 atom stereocenters.